The van der Waals surface area contributed by atoms with Crippen molar-refractivity contribution in [2.45, 2.75) is 37.6 Å². The van der Waals surface area contributed by atoms with E-state index in [1.807, 2.05) is 12.1 Å². The van der Waals surface area contributed by atoms with E-state index in [-0.39, 0.29) is 11.7 Å². The van der Waals surface area contributed by atoms with Crippen molar-refractivity contribution in [2.75, 3.05) is 19.7 Å². The van der Waals surface area contributed by atoms with Crippen LogP contribution in [0.15, 0.2) is 28.7 Å². The zero-order valence-corrected chi connectivity index (χ0v) is 12.6. The van der Waals surface area contributed by atoms with Gasteiger partial charge in [-0.25, -0.2) is 0 Å². The summed E-state index contributed by atoms with van der Waals surface area (Å²) in [5.41, 5.74) is 1.30. The molecular weight excluding hydrogens is 306 g/mol. The highest BCUT2D eigenvalue weighted by Gasteiger charge is 2.41. The van der Waals surface area contributed by atoms with Crippen molar-refractivity contribution in [2.24, 2.45) is 0 Å². The number of ether oxygens (including phenoxy) is 2. The molecule has 1 unspecified atom stereocenters. The van der Waals surface area contributed by atoms with Crippen LogP contribution in [0.4, 0.5) is 0 Å². The Kier molecular flexibility index (Phi) is 4.22. The number of hydrogen-bond donors (Lipinski definition) is 1. The van der Waals surface area contributed by atoms with Gasteiger partial charge in [-0.2, -0.15) is 0 Å². The van der Waals surface area contributed by atoms with Crippen molar-refractivity contribution in [1.82, 2.24) is 5.32 Å². The molecule has 0 aliphatic carbocycles. The highest BCUT2D eigenvalue weighted by molar-refractivity contribution is 9.10. The number of benzene rings is 1. The molecule has 1 atom stereocenters. The number of hydrogen-bond acceptors (Lipinski definition) is 3. The fourth-order valence-corrected chi connectivity index (χ4v) is 3.43. The van der Waals surface area contributed by atoms with Crippen LogP contribution in [0.1, 0.15) is 24.8 Å². The highest BCUT2D eigenvalue weighted by Crippen LogP contribution is 2.35. The average Bonchev–Trinajstić information content (AvgIpc) is 2.80. The van der Waals surface area contributed by atoms with Gasteiger partial charge in [0.15, 0.2) is 0 Å². The number of nitrogens with one attached hydrogen (secondary N) is 1. The van der Waals surface area contributed by atoms with Crippen molar-refractivity contribution in [3.8, 4) is 0 Å². The first kappa shape index (κ1) is 13.6. The Morgan fingerprint density at radius 2 is 2.21 bits per heavy atom. The van der Waals surface area contributed by atoms with E-state index in [0.29, 0.717) is 6.61 Å². The third-order valence-electron chi connectivity index (χ3n) is 4.06. The van der Waals surface area contributed by atoms with E-state index in [1.54, 1.807) is 0 Å². The summed E-state index contributed by atoms with van der Waals surface area (Å²) in [6.45, 7) is 3.55. The van der Waals surface area contributed by atoms with Crippen molar-refractivity contribution in [3.05, 3.63) is 34.3 Å². The zero-order chi connectivity index (χ0) is 13.1. The summed E-state index contributed by atoms with van der Waals surface area (Å²) >= 11 is 3.49. The molecule has 2 aliphatic rings. The summed E-state index contributed by atoms with van der Waals surface area (Å²) in [7, 11) is 0. The van der Waals surface area contributed by atoms with Crippen molar-refractivity contribution in [3.63, 3.8) is 0 Å². The lowest BCUT2D eigenvalue weighted by Gasteiger charge is -2.32. The standard InChI is InChI=1S/C15H20BrNO2/c16-13-3-1-2-12(8-13)10-18-14-9-15(19-11-14)4-6-17-7-5-15/h1-3,8,14,17H,4-7,9-11H2. The number of halogens is 1. The van der Waals surface area contributed by atoms with Crippen LogP contribution in [-0.4, -0.2) is 31.4 Å². The smallest absolute Gasteiger partial charge is 0.0840 e. The molecule has 3 nitrogen and oxygen atoms in total. The molecule has 0 bridgehead atoms. The van der Waals surface area contributed by atoms with Crippen LogP contribution < -0.4 is 5.32 Å². The lowest BCUT2D eigenvalue weighted by molar-refractivity contribution is -0.0240. The van der Waals surface area contributed by atoms with Crippen LogP contribution in [0.25, 0.3) is 0 Å². The zero-order valence-electron chi connectivity index (χ0n) is 11.0. The summed E-state index contributed by atoms with van der Waals surface area (Å²) in [4.78, 5) is 0. The molecule has 1 aromatic rings. The van der Waals surface area contributed by atoms with Gasteiger partial charge in [0, 0.05) is 10.9 Å². The Hall–Kier alpha value is -0.420. The third-order valence-corrected chi connectivity index (χ3v) is 4.56. The van der Waals surface area contributed by atoms with E-state index in [0.717, 1.165) is 43.4 Å². The molecule has 1 N–H and O–H groups in total. The fourth-order valence-electron chi connectivity index (χ4n) is 2.98. The molecule has 0 saturated carbocycles. The molecule has 0 amide bonds. The maximum absolute atomic E-state index is 6.03. The van der Waals surface area contributed by atoms with E-state index in [9.17, 15) is 0 Å². The van der Waals surface area contributed by atoms with Gasteiger partial charge in [0.2, 0.25) is 0 Å². The maximum atomic E-state index is 6.03. The molecule has 0 aromatic heterocycles. The molecule has 104 valence electrons. The van der Waals surface area contributed by atoms with Gasteiger partial charge in [-0.05, 0) is 43.6 Å². The van der Waals surface area contributed by atoms with Crippen molar-refractivity contribution in [1.29, 1.82) is 0 Å². The first-order chi connectivity index (χ1) is 9.26. The van der Waals surface area contributed by atoms with Crippen LogP contribution >= 0.6 is 15.9 Å². The largest absolute Gasteiger partial charge is 0.372 e. The molecule has 1 aromatic carbocycles. The summed E-state index contributed by atoms with van der Waals surface area (Å²) in [6, 6.07) is 8.28. The molecule has 4 heteroatoms. The van der Waals surface area contributed by atoms with Crippen LogP contribution in [0.3, 0.4) is 0 Å². The minimum absolute atomic E-state index is 0.0905. The topological polar surface area (TPSA) is 30.5 Å². The van der Waals surface area contributed by atoms with Crippen LogP contribution in [0.2, 0.25) is 0 Å². The second-order valence-corrected chi connectivity index (χ2v) is 6.43. The van der Waals surface area contributed by atoms with E-state index >= 15 is 0 Å². The Bertz CT molecular complexity index is 432. The van der Waals surface area contributed by atoms with Gasteiger partial charge in [0.25, 0.3) is 0 Å². The second kappa shape index (κ2) is 5.92. The van der Waals surface area contributed by atoms with Gasteiger partial charge < -0.3 is 14.8 Å². The SMILES string of the molecule is Brc1cccc(COC2COC3(CCNCC3)C2)c1. The van der Waals surface area contributed by atoms with Gasteiger partial charge in [-0.1, -0.05) is 28.1 Å². The molecule has 2 saturated heterocycles. The first-order valence-electron chi connectivity index (χ1n) is 6.97. The molecule has 3 rings (SSSR count). The van der Waals surface area contributed by atoms with Gasteiger partial charge in [-0.15, -0.1) is 0 Å². The summed E-state index contributed by atoms with van der Waals surface area (Å²) in [5.74, 6) is 0. The Balaban J connectivity index is 1.52. The van der Waals surface area contributed by atoms with Crippen LogP contribution in [0.5, 0.6) is 0 Å². The van der Waals surface area contributed by atoms with E-state index in [2.05, 4.69) is 33.4 Å². The van der Waals surface area contributed by atoms with Crippen molar-refractivity contribution < 1.29 is 9.47 Å². The van der Waals surface area contributed by atoms with Gasteiger partial charge >= 0.3 is 0 Å². The Morgan fingerprint density at radius 1 is 1.37 bits per heavy atom. The van der Waals surface area contributed by atoms with Crippen LogP contribution in [-0.2, 0) is 16.1 Å². The molecule has 19 heavy (non-hydrogen) atoms. The summed E-state index contributed by atoms with van der Waals surface area (Å²) < 4.78 is 13.1. The third kappa shape index (κ3) is 3.37. The number of rotatable bonds is 3. The molecule has 2 heterocycles. The predicted molar refractivity (Wildman–Crippen MR) is 78.1 cm³/mol. The van der Waals surface area contributed by atoms with Gasteiger partial charge in [0.05, 0.1) is 24.9 Å². The summed E-state index contributed by atoms with van der Waals surface area (Å²) in [5, 5.41) is 3.39. The Morgan fingerprint density at radius 3 is 3.00 bits per heavy atom. The van der Waals surface area contributed by atoms with E-state index in [4.69, 9.17) is 9.47 Å². The highest BCUT2D eigenvalue weighted by atomic mass is 79.9. The number of piperidine rings is 1. The van der Waals surface area contributed by atoms with Gasteiger partial charge in [0.1, 0.15) is 0 Å². The first-order valence-corrected chi connectivity index (χ1v) is 7.76. The minimum Gasteiger partial charge on any atom is -0.372 e. The summed E-state index contributed by atoms with van der Waals surface area (Å²) in [6.07, 6.45) is 3.52. The van der Waals surface area contributed by atoms with Crippen LogP contribution in [0, 0.1) is 0 Å². The molecule has 1 spiro atoms. The maximum Gasteiger partial charge on any atom is 0.0840 e. The van der Waals surface area contributed by atoms with Gasteiger partial charge in [-0.3, -0.25) is 0 Å². The van der Waals surface area contributed by atoms with E-state index in [1.165, 1.54) is 5.56 Å². The lowest BCUT2D eigenvalue weighted by Crippen LogP contribution is -2.41. The predicted octanol–water partition coefficient (Wildman–Crippen LogP) is 2.88. The molecule has 0 radical (unpaired) electrons. The van der Waals surface area contributed by atoms with Crippen molar-refractivity contribution >= 4 is 15.9 Å². The molecule has 2 fully saturated rings. The average molecular weight is 326 g/mol. The molecular formula is C15H20BrNO2. The minimum atomic E-state index is 0.0905. The monoisotopic (exact) mass is 325 g/mol. The molecule has 2 aliphatic heterocycles. The quantitative estimate of drug-likeness (QED) is 0.926. The lowest BCUT2D eigenvalue weighted by atomic mass is 9.89. The van der Waals surface area contributed by atoms with E-state index < -0.39 is 0 Å². The second-order valence-electron chi connectivity index (χ2n) is 5.51. The fraction of sp³-hybridized carbons (Fsp3) is 0.600. The Labute approximate surface area is 122 Å². The normalized spacial score (nSPS) is 25.8.